The molecule has 1 unspecified atom stereocenters. The van der Waals surface area contributed by atoms with Gasteiger partial charge in [0.25, 0.3) is 0 Å². The molecular formula is C27H29FN2O2. The van der Waals surface area contributed by atoms with Crippen molar-refractivity contribution < 1.29 is 13.9 Å². The Morgan fingerprint density at radius 1 is 1.09 bits per heavy atom. The molecule has 2 aromatic carbocycles. The van der Waals surface area contributed by atoms with Crippen molar-refractivity contribution in [3.8, 4) is 0 Å². The fraction of sp³-hybridized carbons (Fsp3) is 0.407. The number of hydrogen-bond acceptors (Lipinski definition) is 3. The van der Waals surface area contributed by atoms with Crippen LogP contribution in [-0.4, -0.2) is 42.1 Å². The second-order valence-corrected chi connectivity index (χ2v) is 9.16. The molecule has 0 N–H and O–H groups in total. The second-order valence-electron chi connectivity index (χ2n) is 9.16. The van der Waals surface area contributed by atoms with Crippen LogP contribution in [0, 0.1) is 11.7 Å². The number of fused-ring (bicyclic) bond motifs is 1. The number of aromatic nitrogens is 1. The van der Waals surface area contributed by atoms with Gasteiger partial charge < -0.3 is 9.64 Å². The minimum absolute atomic E-state index is 0.0617. The Balaban J connectivity index is 1.41. The molecule has 2 heterocycles. The first kappa shape index (κ1) is 21.1. The summed E-state index contributed by atoms with van der Waals surface area (Å²) in [4.78, 5) is 20.5. The van der Waals surface area contributed by atoms with Gasteiger partial charge in [-0.3, -0.25) is 9.78 Å². The quantitative estimate of drug-likeness (QED) is 0.589. The third-order valence-corrected chi connectivity index (χ3v) is 7.11. The Morgan fingerprint density at radius 3 is 2.75 bits per heavy atom. The summed E-state index contributed by atoms with van der Waals surface area (Å²) < 4.78 is 20.7. The molecule has 1 saturated carbocycles. The first-order valence-corrected chi connectivity index (χ1v) is 11.6. The zero-order valence-electron chi connectivity index (χ0n) is 18.3. The van der Waals surface area contributed by atoms with E-state index < -0.39 is 5.41 Å². The zero-order chi connectivity index (χ0) is 22.0. The van der Waals surface area contributed by atoms with E-state index in [9.17, 15) is 9.18 Å². The molecule has 1 aromatic heterocycles. The maximum Gasteiger partial charge on any atom is 0.233 e. The van der Waals surface area contributed by atoms with Crippen LogP contribution < -0.4 is 0 Å². The molecule has 1 saturated heterocycles. The first-order chi connectivity index (χ1) is 15.7. The monoisotopic (exact) mass is 432 g/mol. The number of benzene rings is 2. The van der Waals surface area contributed by atoms with E-state index in [1.165, 1.54) is 11.6 Å². The summed E-state index contributed by atoms with van der Waals surface area (Å²) in [6, 6.07) is 17.1. The summed E-state index contributed by atoms with van der Waals surface area (Å²) in [5.41, 5.74) is 2.00. The van der Waals surface area contributed by atoms with E-state index in [0.29, 0.717) is 44.7 Å². The standard InChI is InChI=1S/C27H29FN2O2/c28-24-11-2-1-10-23(24)27(12-3-4-13-27)26(31)30-15-16-32-19-20(18-30)17-22-8-5-7-21-9-6-14-29-25(21)22/h1-2,5-11,14,20H,3-4,12-13,15-19H2. The van der Waals surface area contributed by atoms with Gasteiger partial charge in [-0.05, 0) is 37.0 Å². The molecule has 5 heteroatoms. The molecule has 32 heavy (non-hydrogen) atoms. The SMILES string of the molecule is O=C(N1CCOCC(Cc2cccc3cccnc23)C1)C1(c2ccccc2F)CCCC1. The van der Waals surface area contributed by atoms with Crippen LogP contribution in [0.2, 0.25) is 0 Å². The molecule has 1 amide bonds. The molecule has 0 spiro atoms. The molecule has 166 valence electrons. The summed E-state index contributed by atoms with van der Waals surface area (Å²) in [5, 5.41) is 1.12. The average molecular weight is 433 g/mol. The topological polar surface area (TPSA) is 42.4 Å². The van der Waals surface area contributed by atoms with Gasteiger partial charge in [0.2, 0.25) is 5.91 Å². The number of carbonyl (C=O) groups is 1. The zero-order valence-corrected chi connectivity index (χ0v) is 18.3. The van der Waals surface area contributed by atoms with Crippen LogP contribution in [0.1, 0.15) is 36.8 Å². The molecular weight excluding hydrogens is 403 g/mol. The van der Waals surface area contributed by atoms with Crippen molar-refractivity contribution in [1.82, 2.24) is 9.88 Å². The highest BCUT2D eigenvalue weighted by molar-refractivity contribution is 5.89. The summed E-state index contributed by atoms with van der Waals surface area (Å²) in [7, 11) is 0. The van der Waals surface area contributed by atoms with Crippen molar-refractivity contribution in [3.05, 3.63) is 77.7 Å². The van der Waals surface area contributed by atoms with Crippen LogP contribution in [0.3, 0.4) is 0 Å². The van der Waals surface area contributed by atoms with Crippen molar-refractivity contribution in [2.45, 2.75) is 37.5 Å². The summed E-state index contributed by atoms with van der Waals surface area (Å²) in [6.07, 6.45) is 5.95. The molecule has 0 radical (unpaired) electrons. The van der Waals surface area contributed by atoms with Crippen LogP contribution >= 0.6 is 0 Å². The molecule has 5 rings (SSSR count). The molecule has 1 atom stereocenters. The van der Waals surface area contributed by atoms with Crippen molar-refractivity contribution in [1.29, 1.82) is 0 Å². The van der Waals surface area contributed by atoms with Crippen LogP contribution in [0.5, 0.6) is 0 Å². The van der Waals surface area contributed by atoms with Gasteiger partial charge in [-0.25, -0.2) is 4.39 Å². The molecule has 0 bridgehead atoms. The van der Waals surface area contributed by atoms with Crippen molar-refractivity contribution in [2.75, 3.05) is 26.3 Å². The van der Waals surface area contributed by atoms with Crippen molar-refractivity contribution in [3.63, 3.8) is 0 Å². The highest BCUT2D eigenvalue weighted by Crippen LogP contribution is 2.44. The molecule has 2 aliphatic rings. The normalized spacial score (nSPS) is 20.9. The van der Waals surface area contributed by atoms with Gasteiger partial charge in [0.1, 0.15) is 5.82 Å². The first-order valence-electron chi connectivity index (χ1n) is 11.6. The number of halogens is 1. The molecule has 4 nitrogen and oxygen atoms in total. The fourth-order valence-corrected chi connectivity index (χ4v) is 5.56. The summed E-state index contributed by atoms with van der Waals surface area (Å²) in [5.74, 6) is -0.0352. The largest absolute Gasteiger partial charge is 0.379 e. The van der Waals surface area contributed by atoms with Crippen LogP contribution in [-0.2, 0) is 21.4 Å². The Kier molecular flexibility index (Phi) is 5.92. The number of amides is 1. The van der Waals surface area contributed by atoms with E-state index >= 15 is 0 Å². The average Bonchev–Trinajstić information content (AvgIpc) is 3.20. The van der Waals surface area contributed by atoms with Gasteiger partial charge in [-0.15, -0.1) is 0 Å². The maximum atomic E-state index is 14.8. The number of nitrogens with zero attached hydrogens (tertiary/aromatic N) is 2. The Hall–Kier alpha value is -2.79. The number of rotatable bonds is 4. The molecule has 1 aliphatic heterocycles. The number of carbonyl (C=O) groups excluding carboxylic acids is 1. The second kappa shape index (κ2) is 8.99. The lowest BCUT2D eigenvalue weighted by molar-refractivity contribution is -0.138. The minimum Gasteiger partial charge on any atom is -0.379 e. The van der Waals surface area contributed by atoms with Gasteiger partial charge in [-0.2, -0.15) is 0 Å². The Labute approximate surface area is 188 Å². The number of pyridine rings is 1. The van der Waals surface area contributed by atoms with E-state index in [4.69, 9.17) is 4.74 Å². The van der Waals surface area contributed by atoms with Crippen LogP contribution in [0.15, 0.2) is 60.8 Å². The lowest BCUT2D eigenvalue weighted by atomic mass is 9.77. The highest BCUT2D eigenvalue weighted by atomic mass is 19.1. The maximum absolute atomic E-state index is 14.8. The van der Waals surface area contributed by atoms with Crippen LogP contribution in [0.4, 0.5) is 4.39 Å². The van der Waals surface area contributed by atoms with Gasteiger partial charge in [0.15, 0.2) is 0 Å². The molecule has 2 fully saturated rings. The fourth-order valence-electron chi connectivity index (χ4n) is 5.56. The predicted octanol–water partition coefficient (Wildman–Crippen LogP) is 4.90. The number of hydrogen-bond donors (Lipinski definition) is 0. The Morgan fingerprint density at radius 2 is 1.91 bits per heavy atom. The van der Waals surface area contributed by atoms with Crippen molar-refractivity contribution >= 4 is 16.8 Å². The third-order valence-electron chi connectivity index (χ3n) is 7.11. The van der Waals surface area contributed by atoms with Gasteiger partial charge in [0.05, 0.1) is 24.1 Å². The lowest BCUT2D eigenvalue weighted by Crippen LogP contribution is -2.48. The number of ether oxygens (including phenoxy) is 1. The van der Waals surface area contributed by atoms with E-state index in [0.717, 1.165) is 30.2 Å². The van der Waals surface area contributed by atoms with Gasteiger partial charge in [-0.1, -0.05) is 55.3 Å². The molecule has 3 aromatic rings. The van der Waals surface area contributed by atoms with E-state index in [-0.39, 0.29) is 17.6 Å². The highest BCUT2D eigenvalue weighted by Gasteiger charge is 2.46. The summed E-state index contributed by atoms with van der Waals surface area (Å²) in [6.45, 7) is 2.31. The molecule has 1 aliphatic carbocycles. The predicted molar refractivity (Wildman–Crippen MR) is 123 cm³/mol. The van der Waals surface area contributed by atoms with Crippen molar-refractivity contribution in [2.24, 2.45) is 5.92 Å². The number of para-hydroxylation sites is 1. The van der Waals surface area contributed by atoms with E-state index in [2.05, 4.69) is 29.2 Å². The van der Waals surface area contributed by atoms with Gasteiger partial charge in [0, 0.05) is 36.2 Å². The lowest BCUT2D eigenvalue weighted by Gasteiger charge is -2.35. The van der Waals surface area contributed by atoms with Crippen LogP contribution in [0.25, 0.3) is 10.9 Å². The third kappa shape index (κ3) is 3.90. The Bertz CT molecular complexity index is 1100. The summed E-state index contributed by atoms with van der Waals surface area (Å²) >= 11 is 0. The smallest absolute Gasteiger partial charge is 0.233 e. The van der Waals surface area contributed by atoms with E-state index in [1.54, 1.807) is 12.1 Å². The minimum atomic E-state index is -0.749. The van der Waals surface area contributed by atoms with Gasteiger partial charge >= 0.3 is 0 Å². The van der Waals surface area contributed by atoms with E-state index in [1.807, 2.05) is 23.2 Å².